The molecule has 3 atom stereocenters. The van der Waals surface area contributed by atoms with Crippen LogP contribution < -0.4 is 5.73 Å². The van der Waals surface area contributed by atoms with Crippen LogP contribution in [0.2, 0.25) is 0 Å². The lowest BCUT2D eigenvalue weighted by atomic mass is 9.99. The van der Waals surface area contributed by atoms with Gasteiger partial charge in [-0.3, -0.25) is 4.90 Å². The molecule has 2 N–H and O–H groups in total. The third-order valence-corrected chi connectivity index (χ3v) is 3.86. The second-order valence-corrected chi connectivity index (χ2v) is 5.76. The van der Waals surface area contributed by atoms with E-state index in [0.29, 0.717) is 12.1 Å². The second kappa shape index (κ2) is 5.81. The maximum atomic E-state index is 8.85. The highest BCUT2D eigenvalue weighted by Crippen LogP contribution is 2.15. The Morgan fingerprint density at radius 1 is 1.35 bits per heavy atom. The molecule has 1 aliphatic heterocycles. The zero-order valence-electron chi connectivity index (χ0n) is 11.6. The van der Waals surface area contributed by atoms with E-state index in [1.165, 1.54) is 0 Å². The molecule has 98 valence electrons. The minimum atomic E-state index is -0.663. The molecule has 0 aromatic carbocycles. The van der Waals surface area contributed by atoms with Crippen LogP contribution in [0.3, 0.4) is 0 Å². The minimum Gasteiger partial charge on any atom is -0.314 e. The number of rotatable bonds is 4. The Bertz CT molecular complexity index is 270. The average Bonchev–Trinajstić information content (AvgIpc) is 2.25. The first-order valence-corrected chi connectivity index (χ1v) is 6.50. The van der Waals surface area contributed by atoms with E-state index >= 15 is 0 Å². The van der Waals surface area contributed by atoms with Crippen molar-refractivity contribution in [3.05, 3.63) is 0 Å². The van der Waals surface area contributed by atoms with Crippen molar-refractivity contribution in [3.63, 3.8) is 0 Å². The SMILES string of the molecule is CC1CN(CCCC(C)(N)C#N)CC(C)N1C. The number of likely N-dealkylation sites (N-methyl/N-ethyl adjacent to an activating group) is 1. The van der Waals surface area contributed by atoms with Gasteiger partial charge in [-0.2, -0.15) is 5.26 Å². The molecule has 1 rings (SSSR count). The molecule has 1 aliphatic rings. The molecule has 0 aliphatic carbocycles. The molecular formula is C13H26N4. The Morgan fingerprint density at radius 3 is 2.35 bits per heavy atom. The zero-order chi connectivity index (χ0) is 13.1. The fourth-order valence-corrected chi connectivity index (χ4v) is 2.42. The average molecular weight is 238 g/mol. The van der Waals surface area contributed by atoms with Crippen molar-refractivity contribution in [2.75, 3.05) is 26.7 Å². The van der Waals surface area contributed by atoms with E-state index in [1.807, 2.05) is 6.92 Å². The smallest absolute Gasteiger partial charge is 0.101 e. The van der Waals surface area contributed by atoms with Gasteiger partial charge < -0.3 is 10.6 Å². The Hall–Kier alpha value is -0.630. The molecule has 4 nitrogen and oxygen atoms in total. The summed E-state index contributed by atoms with van der Waals surface area (Å²) >= 11 is 0. The highest BCUT2D eigenvalue weighted by Gasteiger charge is 2.26. The first kappa shape index (κ1) is 14.4. The van der Waals surface area contributed by atoms with Crippen LogP contribution in [-0.2, 0) is 0 Å². The molecular weight excluding hydrogens is 212 g/mol. The van der Waals surface area contributed by atoms with Gasteiger partial charge >= 0.3 is 0 Å². The van der Waals surface area contributed by atoms with Gasteiger partial charge in [-0.15, -0.1) is 0 Å². The molecule has 1 saturated heterocycles. The van der Waals surface area contributed by atoms with Crippen LogP contribution in [0.15, 0.2) is 0 Å². The Balaban J connectivity index is 2.32. The van der Waals surface area contributed by atoms with Crippen molar-refractivity contribution in [2.45, 2.75) is 51.2 Å². The number of nitrogens with two attached hydrogens (primary N) is 1. The van der Waals surface area contributed by atoms with Crippen LogP contribution >= 0.6 is 0 Å². The molecule has 0 aromatic heterocycles. The summed E-state index contributed by atoms with van der Waals surface area (Å²) in [6, 6.07) is 3.38. The monoisotopic (exact) mass is 238 g/mol. The lowest BCUT2D eigenvalue weighted by Gasteiger charge is -2.42. The van der Waals surface area contributed by atoms with Gasteiger partial charge in [-0.1, -0.05) is 0 Å². The van der Waals surface area contributed by atoms with Crippen molar-refractivity contribution in [2.24, 2.45) is 5.73 Å². The summed E-state index contributed by atoms with van der Waals surface area (Å²) in [4.78, 5) is 4.92. The molecule has 0 amide bonds. The first-order valence-electron chi connectivity index (χ1n) is 6.50. The largest absolute Gasteiger partial charge is 0.314 e. The molecule has 3 unspecified atom stereocenters. The van der Waals surface area contributed by atoms with Gasteiger partial charge in [-0.05, 0) is 47.2 Å². The predicted molar refractivity (Wildman–Crippen MR) is 70.6 cm³/mol. The maximum absolute atomic E-state index is 8.85. The summed E-state index contributed by atoms with van der Waals surface area (Å²) in [5.74, 6) is 0. The van der Waals surface area contributed by atoms with E-state index in [9.17, 15) is 0 Å². The van der Waals surface area contributed by atoms with Crippen LogP contribution in [0.25, 0.3) is 0 Å². The number of hydrogen-bond acceptors (Lipinski definition) is 4. The van der Waals surface area contributed by atoms with E-state index < -0.39 is 5.54 Å². The summed E-state index contributed by atoms with van der Waals surface area (Å²) in [5.41, 5.74) is 5.16. The van der Waals surface area contributed by atoms with Gasteiger partial charge in [0.15, 0.2) is 0 Å². The van der Waals surface area contributed by atoms with Gasteiger partial charge in [0.25, 0.3) is 0 Å². The highest BCUT2D eigenvalue weighted by molar-refractivity contribution is 5.00. The summed E-state index contributed by atoms with van der Waals surface area (Å²) in [6.45, 7) is 9.64. The van der Waals surface area contributed by atoms with Crippen LogP contribution in [0, 0.1) is 11.3 Å². The van der Waals surface area contributed by atoms with Gasteiger partial charge in [0, 0.05) is 25.2 Å². The van der Waals surface area contributed by atoms with Crippen LogP contribution in [-0.4, -0.2) is 54.1 Å². The third kappa shape index (κ3) is 4.27. The van der Waals surface area contributed by atoms with Crippen molar-refractivity contribution in [1.29, 1.82) is 5.26 Å². The summed E-state index contributed by atoms with van der Waals surface area (Å²) in [6.07, 6.45) is 1.78. The molecule has 17 heavy (non-hydrogen) atoms. The first-order chi connectivity index (χ1) is 7.85. The number of hydrogen-bond donors (Lipinski definition) is 1. The van der Waals surface area contributed by atoms with Gasteiger partial charge in [0.2, 0.25) is 0 Å². The summed E-state index contributed by atoms with van der Waals surface area (Å²) < 4.78 is 0. The molecule has 0 saturated carbocycles. The Morgan fingerprint density at radius 2 is 1.88 bits per heavy atom. The molecule has 4 heteroatoms. The minimum absolute atomic E-state index is 0.610. The van der Waals surface area contributed by atoms with Crippen molar-refractivity contribution in [3.8, 4) is 6.07 Å². The molecule has 1 heterocycles. The van der Waals surface area contributed by atoms with Crippen molar-refractivity contribution in [1.82, 2.24) is 9.80 Å². The topological polar surface area (TPSA) is 56.3 Å². The Labute approximate surface area is 105 Å². The number of nitriles is 1. The molecule has 0 spiro atoms. The lowest BCUT2D eigenvalue weighted by Crippen LogP contribution is -2.55. The molecule has 1 fully saturated rings. The second-order valence-electron chi connectivity index (χ2n) is 5.76. The van der Waals surface area contributed by atoms with E-state index in [2.05, 4.69) is 36.8 Å². The standard InChI is InChI=1S/C13H26N4/c1-11-8-17(9-12(2)16(11)4)7-5-6-13(3,15)10-14/h11-12H,5-9,15H2,1-4H3. The van der Waals surface area contributed by atoms with E-state index in [4.69, 9.17) is 11.0 Å². The zero-order valence-corrected chi connectivity index (χ0v) is 11.6. The molecule has 0 radical (unpaired) electrons. The van der Waals surface area contributed by atoms with E-state index in [1.54, 1.807) is 0 Å². The van der Waals surface area contributed by atoms with Gasteiger partial charge in [0.1, 0.15) is 5.54 Å². The van der Waals surface area contributed by atoms with Crippen molar-refractivity contribution < 1.29 is 0 Å². The van der Waals surface area contributed by atoms with Gasteiger partial charge in [-0.25, -0.2) is 0 Å². The Kier molecular flexibility index (Phi) is 4.93. The number of piperazine rings is 1. The van der Waals surface area contributed by atoms with Crippen LogP contribution in [0.1, 0.15) is 33.6 Å². The summed E-state index contributed by atoms with van der Waals surface area (Å²) in [7, 11) is 2.19. The van der Waals surface area contributed by atoms with E-state index in [-0.39, 0.29) is 0 Å². The quantitative estimate of drug-likeness (QED) is 0.795. The third-order valence-electron chi connectivity index (χ3n) is 3.86. The van der Waals surface area contributed by atoms with Crippen LogP contribution in [0.5, 0.6) is 0 Å². The highest BCUT2D eigenvalue weighted by atomic mass is 15.3. The maximum Gasteiger partial charge on any atom is 0.101 e. The van der Waals surface area contributed by atoms with Gasteiger partial charge in [0.05, 0.1) is 6.07 Å². The molecule has 0 aromatic rings. The van der Waals surface area contributed by atoms with Crippen LogP contribution in [0.4, 0.5) is 0 Å². The normalized spacial score (nSPS) is 30.8. The fraction of sp³-hybridized carbons (Fsp3) is 0.923. The van der Waals surface area contributed by atoms with E-state index in [0.717, 1.165) is 32.5 Å². The summed E-state index contributed by atoms with van der Waals surface area (Å²) in [5, 5.41) is 8.85. The number of nitrogens with zero attached hydrogens (tertiary/aromatic N) is 3. The molecule has 0 bridgehead atoms. The predicted octanol–water partition coefficient (Wildman–Crippen LogP) is 1.03. The fourth-order valence-electron chi connectivity index (χ4n) is 2.42. The van der Waals surface area contributed by atoms with Crippen molar-refractivity contribution >= 4 is 0 Å². The lowest BCUT2D eigenvalue weighted by molar-refractivity contribution is 0.0586.